The van der Waals surface area contributed by atoms with E-state index in [4.69, 9.17) is 31.4 Å². The van der Waals surface area contributed by atoms with Crippen LogP contribution in [0.5, 0.6) is 0 Å². The standard InChI is InChI=1S/C38H74N4O3/c1-5-6-7-20-42-21-8-12-28(2)31-13-14-32-36-33(27-35(38(31,32)4)45-24-11-19-41)37(3)16-15-30(43-22-9-17-39)25-29(37)26-34(36)44-23-10-18-40/h28-36,42H,5-27,39-41H2,1-4H3/t28-,29?,30-,31?,32+,33+,34-,35+,36?,37?,38?/m1/s1. The zero-order chi connectivity index (χ0) is 32.3. The number of unbranched alkanes of at least 4 members (excludes halogenated alkanes) is 2. The maximum atomic E-state index is 7.01. The summed E-state index contributed by atoms with van der Waals surface area (Å²) in [5.41, 5.74) is 18.2. The van der Waals surface area contributed by atoms with Crippen molar-refractivity contribution >= 4 is 0 Å². The zero-order valence-corrected chi connectivity index (χ0v) is 29.9. The highest BCUT2D eigenvalue weighted by molar-refractivity contribution is 5.15. The Morgan fingerprint density at radius 3 is 2.16 bits per heavy atom. The SMILES string of the molecule is CCCCCNCCC[C@@H](C)C1CC[C@H]2C3[C@H](OCCCN)CC4C[C@H](OCCCN)CCC4(C)[C@H]3C[C@H](OCCCN)C12C. The Labute approximate surface area is 277 Å². The van der Waals surface area contributed by atoms with Crippen LogP contribution in [0.1, 0.15) is 124 Å². The van der Waals surface area contributed by atoms with Gasteiger partial charge in [-0.15, -0.1) is 0 Å². The third-order valence-electron chi connectivity index (χ3n) is 13.5. The van der Waals surface area contributed by atoms with Crippen LogP contribution >= 0.6 is 0 Å². The number of rotatable bonds is 21. The van der Waals surface area contributed by atoms with Crippen molar-refractivity contribution in [3.8, 4) is 0 Å². The summed E-state index contributed by atoms with van der Waals surface area (Å²) >= 11 is 0. The molecule has 7 nitrogen and oxygen atoms in total. The Hall–Kier alpha value is -0.280. The average Bonchev–Trinajstić information content (AvgIpc) is 3.39. The van der Waals surface area contributed by atoms with Gasteiger partial charge in [-0.2, -0.15) is 0 Å². The second-order valence-electron chi connectivity index (χ2n) is 16.1. The average molecular weight is 635 g/mol. The molecule has 45 heavy (non-hydrogen) atoms. The fraction of sp³-hybridized carbons (Fsp3) is 1.00. The lowest BCUT2D eigenvalue weighted by atomic mass is 9.43. The number of nitrogens with two attached hydrogens (primary N) is 3. The third-order valence-corrected chi connectivity index (χ3v) is 13.5. The van der Waals surface area contributed by atoms with Crippen molar-refractivity contribution in [2.75, 3.05) is 52.5 Å². The highest BCUT2D eigenvalue weighted by Crippen LogP contribution is 2.69. The predicted molar refractivity (Wildman–Crippen MR) is 187 cm³/mol. The van der Waals surface area contributed by atoms with Crippen LogP contribution in [0.25, 0.3) is 0 Å². The molecule has 0 bridgehead atoms. The summed E-state index contributed by atoms with van der Waals surface area (Å²) in [6, 6.07) is 0. The second kappa shape index (κ2) is 18.5. The van der Waals surface area contributed by atoms with Crippen molar-refractivity contribution in [2.45, 2.75) is 142 Å². The van der Waals surface area contributed by atoms with Crippen molar-refractivity contribution in [1.82, 2.24) is 5.32 Å². The van der Waals surface area contributed by atoms with Crippen molar-refractivity contribution in [3.05, 3.63) is 0 Å². The van der Waals surface area contributed by atoms with Gasteiger partial charge in [0, 0.05) is 25.2 Å². The maximum absolute atomic E-state index is 7.01. The minimum atomic E-state index is 0.185. The largest absolute Gasteiger partial charge is 0.378 e. The van der Waals surface area contributed by atoms with E-state index in [0.29, 0.717) is 78.9 Å². The number of nitrogens with one attached hydrogen (secondary N) is 1. The monoisotopic (exact) mass is 635 g/mol. The van der Waals surface area contributed by atoms with Gasteiger partial charge in [0.05, 0.1) is 18.3 Å². The van der Waals surface area contributed by atoms with E-state index in [1.54, 1.807) is 0 Å². The van der Waals surface area contributed by atoms with Gasteiger partial charge in [-0.3, -0.25) is 0 Å². The highest BCUT2D eigenvalue weighted by atomic mass is 16.5. The number of hydrogen-bond donors (Lipinski definition) is 4. The molecule has 7 N–H and O–H groups in total. The molecule has 0 spiro atoms. The highest BCUT2D eigenvalue weighted by Gasteiger charge is 2.66. The van der Waals surface area contributed by atoms with Crippen LogP contribution in [-0.2, 0) is 14.2 Å². The van der Waals surface area contributed by atoms with Crippen LogP contribution < -0.4 is 22.5 Å². The molecule has 4 aliphatic rings. The van der Waals surface area contributed by atoms with Crippen LogP contribution in [0, 0.1) is 46.3 Å². The molecule has 7 heteroatoms. The first kappa shape index (κ1) is 37.5. The van der Waals surface area contributed by atoms with Gasteiger partial charge in [0.1, 0.15) is 0 Å². The molecule has 4 aliphatic carbocycles. The quantitative estimate of drug-likeness (QED) is 0.110. The molecule has 0 amide bonds. The van der Waals surface area contributed by atoms with Crippen LogP contribution in [0.3, 0.4) is 0 Å². The van der Waals surface area contributed by atoms with Crippen LogP contribution in [-0.4, -0.2) is 70.9 Å². The topological polar surface area (TPSA) is 118 Å². The van der Waals surface area contributed by atoms with E-state index in [1.807, 2.05) is 0 Å². The molecule has 4 saturated carbocycles. The van der Waals surface area contributed by atoms with Gasteiger partial charge in [0.15, 0.2) is 0 Å². The molecular formula is C38H74N4O3. The van der Waals surface area contributed by atoms with Gasteiger partial charge >= 0.3 is 0 Å². The van der Waals surface area contributed by atoms with Crippen molar-refractivity contribution < 1.29 is 14.2 Å². The summed E-state index contributed by atoms with van der Waals surface area (Å²) in [6.07, 6.45) is 18.9. The lowest BCUT2D eigenvalue weighted by molar-refractivity contribution is -0.227. The summed E-state index contributed by atoms with van der Waals surface area (Å²) in [7, 11) is 0. The molecule has 0 radical (unpaired) electrons. The summed E-state index contributed by atoms with van der Waals surface area (Å²) in [6.45, 7) is 16.9. The van der Waals surface area contributed by atoms with E-state index in [0.717, 1.165) is 58.6 Å². The van der Waals surface area contributed by atoms with Crippen molar-refractivity contribution in [1.29, 1.82) is 0 Å². The molecule has 0 saturated heterocycles. The number of ether oxygens (including phenoxy) is 3. The Bertz CT molecular complexity index is 833. The van der Waals surface area contributed by atoms with E-state index in [-0.39, 0.29) is 5.41 Å². The van der Waals surface area contributed by atoms with Crippen LogP contribution in [0.2, 0.25) is 0 Å². The van der Waals surface area contributed by atoms with Gasteiger partial charge in [-0.1, -0.05) is 40.5 Å². The van der Waals surface area contributed by atoms with Crippen molar-refractivity contribution in [2.24, 2.45) is 63.5 Å². The molecule has 264 valence electrons. The molecule has 0 aromatic carbocycles. The first-order valence-electron chi connectivity index (χ1n) is 19.5. The summed E-state index contributed by atoms with van der Waals surface area (Å²) < 4.78 is 20.3. The molecule has 0 aliphatic heterocycles. The fourth-order valence-electron chi connectivity index (χ4n) is 11.0. The van der Waals surface area contributed by atoms with Crippen LogP contribution in [0.15, 0.2) is 0 Å². The molecule has 4 rings (SSSR count). The third kappa shape index (κ3) is 8.85. The van der Waals surface area contributed by atoms with Gasteiger partial charge in [0.25, 0.3) is 0 Å². The minimum absolute atomic E-state index is 0.185. The molecule has 0 heterocycles. The van der Waals surface area contributed by atoms with E-state index < -0.39 is 0 Å². The van der Waals surface area contributed by atoms with Gasteiger partial charge in [-0.25, -0.2) is 0 Å². The van der Waals surface area contributed by atoms with Gasteiger partial charge in [-0.05, 0) is 157 Å². The predicted octanol–water partition coefficient (Wildman–Crippen LogP) is 6.26. The normalized spacial score (nSPS) is 38.5. The van der Waals surface area contributed by atoms with Gasteiger partial charge < -0.3 is 36.7 Å². The van der Waals surface area contributed by atoms with E-state index in [1.165, 1.54) is 70.6 Å². The Morgan fingerprint density at radius 2 is 1.44 bits per heavy atom. The first-order chi connectivity index (χ1) is 21.8. The lowest BCUT2D eigenvalue weighted by Crippen LogP contribution is -2.63. The molecule has 11 atom stereocenters. The molecule has 0 aromatic rings. The maximum Gasteiger partial charge on any atom is 0.0637 e. The van der Waals surface area contributed by atoms with E-state index in [2.05, 4.69) is 33.0 Å². The molecule has 5 unspecified atom stereocenters. The second-order valence-corrected chi connectivity index (χ2v) is 16.1. The number of fused-ring (bicyclic) bond motifs is 5. The lowest BCUT2D eigenvalue weighted by Gasteiger charge is -2.65. The van der Waals surface area contributed by atoms with Crippen LogP contribution in [0.4, 0.5) is 0 Å². The molecular weight excluding hydrogens is 560 g/mol. The first-order valence-corrected chi connectivity index (χ1v) is 19.5. The fourth-order valence-corrected chi connectivity index (χ4v) is 11.0. The summed E-state index contributed by atoms with van der Waals surface area (Å²) in [4.78, 5) is 0. The minimum Gasteiger partial charge on any atom is -0.378 e. The Balaban J connectivity index is 1.54. The Morgan fingerprint density at radius 1 is 0.756 bits per heavy atom. The summed E-state index contributed by atoms with van der Waals surface area (Å²) in [5.74, 6) is 3.93. The molecule has 0 aromatic heterocycles. The number of hydrogen-bond acceptors (Lipinski definition) is 7. The van der Waals surface area contributed by atoms with E-state index >= 15 is 0 Å². The smallest absolute Gasteiger partial charge is 0.0637 e. The van der Waals surface area contributed by atoms with E-state index in [9.17, 15) is 0 Å². The zero-order valence-electron chi connectivity index (χ0n) is 29.9. The van der Waals surface area contributed by atoms with Crippen molar-refractivity contribution in [3.63, 3.8) is 0 Å². The Kier molecular flexibility index (Phi) is 15.4. The summed E-state index contributed by atoms with van der Waals surface area (Å²) in [5, 5.41) is 3.71. The van der Waals surface area contributed by atoms with Gasteiger partial charge in [0.2, 0.25) is 0 Å². The molecule has 4 fully saturated rings.